The fraction of sp³-hybridized carbons (Fsp3) is 0.667. The van der Waals surface area contributed by atoms with Gasteiger partial charge in [-0.1, -0.05) is 41.5 Å². The van der Waals surface area contributed by atoms with Crippen molar-refractivity contribution in [3.05, 3.63) is 18.1 Å². The standard InChI is InChI=1S/C12H20N2S/c1-11(2,3)10-13-8-7-9(14-10)15-12(4,5)6/h7-8H,1-6H3. The highest BCUT2D eigenvalue weighted by Gasteiger charge is 2.19. The van der Waals surface area contributed by atoms with Crippen LogP contribution in [-0.4, -0.2) is 14.7 Å². The van der Waals surface area contributed by atoms with Crippen molar-refractivity contribution in [1.82, 2.24) is 9.97 Å². The van der Waals surface area contributed by atoms with Crippen LogP contribution in [0.1, 0.15) is 47.4 Å². The van der Waals surface area contributed by atoms with E-state index in [9.17, 15) is 0 Å². The summed E-state index contributed by atoms with van der Waals surface area (Å²) in [4.78, 5) is 8.90. The molecule has 1 aromatic rings. The second-order valence-electron chi connectivity index (χ2n) is 5.68. The maximum Gasteiger partial charge on any atom is 0.134 e. The van der Waals surface area contributed by atoms with Gasteiger partial charge < -0.3 is 0 Å². The highest BCUT2D eigenvalue weighted by Crippen LogP contribution is 2.31. The zero-order valence-corrected chi connectivity index (χ0v) is 11.3. The van der Waals surface area contributed by atoms with Gasteiger partial charge in [0.2, 0.25) is 0 Å². The molecule has 0 amide bonds. The van der Waals surface area contributed by atoms with Crippen molar-refractivity contribution in [1.29, 1.82) is 0 Å². The molecule has 3 heteroatoms. The highest BCUT2D eigenvalue weighted by atomic mass is 32.2. The molecule has 84 valence electrons. The van der Waals surface area contributed by atoms with E-state index >= 15 is 0 Å². The Labute approximate surface area is 96.9 Å². The Morgan fingerprint density at radius 3 is 2.13 bits per heavy atom. The molecule has 0 aliphatic rings. The van der Waals surface area contributed by atoms with Crippen LogP contribution in [0.5, 0.6) is 0 Å². The molecule has 0 aliphatic carbocycles. The summed E-state index contributed by atoms with van der Waals surface area (Å²) in [5.74, 6) is 0.914. The maximum atomic E-state index is 4.58. The zero-order chi connectivity index (χ0) is 11.7. The molecule has 0 N–H and O–H groups in total. The summed E-state index contributed by atoms with van der Waals surface area (Å²) < 4.78 is 0.198. The van der Waals surface area contributed by atoms with Crippen LogP contribution < -0.4 is 0 Å². The Hall–Kier alpha value is -0.570. The number of hydrogen-bond acceptors (Lipinski definition) is 3. The minimum atomic E-state index is 0.0223. The molecule has 0 aliphatic heterocycles. The minimum absolute atomic E-state index is 0.0223. The van der Waals surface area contributed by atoms with E-state index in [1.807, 2.05) is 12.3 Å². The fourth-order valence-electron chi connectivity index (χ4n) is 1.07. The summed E-state index contributed by atoms with van der Waals surface area (Å²) in [6, 6.07) is 1.98. The Morgan fingerprint density at radius 1 is 1.07 bits per heavy atom. The molecule has 2 nitrogen and oxygen atoms in total. The molecule has 0 unspecified atom stereocenters. The smallest absolute Gasteiger partial charge is 0.134 e. The van der Waals surface area contributed by atoms with Crippen LogP contribution in [0.15, 0.2) is 17.3 Å². The molecule has 0 spiro atoms. The quantitative estimate of drug-likeness (QED) is 0.538. The predicted molar refractivity (Wildman–Crippen MR) is 66.3 cm³/mol. The van der Waals surface area contributed by atoms with E-state index in [-0.39, 0.29) is 10.2 Å². The molecule has 0 atom stereocenters. The van der Waals surface area contributed by atoms with E-state index in [1.54, 1.807) is 11.8 Å². The number of hydrogen-bond donors (Lipinski definition) is 0. The second-order valence-corrected chi connectivity index (χ2v) is 7.53. The highest BCUT2D eigenvalue weighted by molar-refractivity contribution is 8.00. The van der Waals surface area contributed by atoms with Crippen molar-refractivity contribution in [2.75, 3.05) is 0 Å². The van der Waals surface area contributed by atoms with Crippen LogP contribution in [0.25, 0.3) is 0 Å². The van der Waals surface area contributed by atoms with Gasteiger partial charge in [-0.15, -0.1) is 11.8 Å². The summed E-state index contributed by atoms with van der Waals surface area (Å²) in [7, 11) is 0. The van der Waals surface area contributed by atoms with E-state index in [4.69, 9.17) is 0 Å². The number of nitrogens with zero attached hydrogens (tertiary/aromatic N) is 2. The topological polar surface area (TPSA) is 25.8 Å². The Kier molecular flexibility index (Phi) is 3.44. The predicted octanol–water partition coefficient (Wildman–Crippen LogP) is 3.66. The van der Waals surface area contributed by atoms with E-state index in [2.05, 4.69) is 51.5 Å². The van der Waals surface area contributed by atoms with E-state index < -0.39 is 0 Å². The van der Waals surface area contributed by atoms with Gasteiger partial charge in [-0.3, -0.25) is 0 Å². The maximum absolute atomic E-state index is 4.58. The average Bonchev–Trinajstić information content (AvgIpc) is 1.99. The van der Waals surface area contributed by atoms with Crippen molar-refractivity contribution in [2.24, 2.45) is 0 Å². The first-order valence-electron chi connectivity index (χ1n) is 5.21. The molecule has 0 saturated carbocycles. The second kappa shape index (κ2) is 4.12. The lowest BCUT2D eigenvalue weighted by Gasteiger charge is -2.20. The van der Waals surface area contributed by atoms with Gasteiger partial charge >= 0.3 is 0 Å². The van der Waals surface area contributed by atoms with Gasteiger partial charge in [-0.25, -0.2) is 9.97 Å². The fourth-order valence-corrected chi connectivity index (χ4v) is 1.96. The van der Waals surface area contributed by atoms with Crippen molar-refractivity contribution in [3.8, 4) is 0 Å². The van der Waals surface area contributed by atoms with E-state index in [1.165, 1.54) is 0 Å². The van der Waals surface area contributed by atoms with Crippen molar-refractivity contribution < 1.29 is 0 Å². The Balaban J connectivity index is 2.94. The van der Waals surface area contributed by atoms with E-state index in [0.29, 0.717) is 0 Å². The van der Waals surface area contributed by atoms with Crippen molar-refractivity contribution in [2.45, 2.75) is 56.7 Å². The normalized spacial score (nSPS) is 12.9. The summed E-state index contributed by atoms with van der Waals surface area (Å²) in [6.45, 7) is 13.0. The van der Waals surface area contributed by atoms with Crippen molar-refractivity contribution in [3.63, 3.8) is 0 Å². The summed E-state index contributed by atoms with van der Waals surface area (Å²) in [5, 5.41) is 1.06. The third-order valence-corrected chi connectivity index (χ3v) is 2.76. The SMILES string of the molecule is CC(C)(C)Sc1ccnc(C(C)(C)C)n1. The first-order valence-corrected chi connectivity index (χ1v) is 6.03. The monoisotopic (exact) mass is 224 g/mol. The summed E-state index contributed by atoms with van der Waals surface area (Å²) in [5.41, 5.74) is 0.0223. The molecule has 0 saturated heterocycles. The van der Waals surface area contributed by atoms with E-state index in [0.717, 1.165) is 10.9 Å². The van der Waals surface area contributed by atoms with Gasteiger partial charge in [-0.05, 0) is 6.07 Å². The van der Waals surface area contributed by atoms with Gasteiger partial charge in [0.15, 0.2) is 0 Å². The lowest BCUT2D eigenvalue weighted by Crippen LogP contribution is -2.16. The van der Waals surface area contributed by atoms with Crippen LogP contribution >= 0.6 is 11.8 Å². The molecule has 1 rings (SSSR count). The Bertz CT molecular complexity index is 334. The lowest BCUT2D eigenvalue weighted by molar-refractivity contribution is 0.538. The zero-order valence-electron chi connectivity index (χ0n) is 10.5. The number of thioether (sulfide) groups is 1. The van der Waals surface area contributed by atoms with Crippen LogP contribution in [0.4, 0.5) is 0 Å². The van der Waals surface area contributed by atoms with Gasteiger partial charge in [0, 0.05) is 16.4 Å². The van der Waals surface area contributed by atoms with Crippen LogP contribution in [0.3, 0.4) is 0 Å². The lowest BCUT2D eigenvalue weighted by atomic mass is 9.96. The molecule has 15 heavy (non-hydrogen) atoms. The minimum Gasteiger partial charge on any atom is -0.241 e. The third kappa shape index (κ3) is 4.20. The van der Waals surface area contributed by atoms with Gasteiger partial charge in [0.1, 0.15) is 10.9 Å². The van der Waals surface area contributed by atoms with Crippen LogP contribution in [0, 0.1) is 0 Å². The van der Waals surface area contributed by atoms with Gasteiger partial charge in [0.25, 0.3) is 0 Å². The molecule has 1 heterocycles. The largest absolute Gasteiger partial charge is 0.241 e. The number of rotatable bonds is 1. The molecule has 0 aromatic carbocycles. The molecule has 0 fully saturated rings. The van der Waals surface area contributed by atoms with Crippen LogP contribution in [-0.2, 0) is 5.41 Å². The summed E-state index contributed by atoms with van der Waals surface area (Å²) >= 11 is 1.78. The summed E-state index contributed by atoms with van der Waals surface area (Å²) in [6.07, 6.45) is 1.85. The Morgan fingerprint density at radius 2 is 1.67 bits per heavy atom. The van der Waals surface area contributed by atoms with Gasteiger partial charge in [0.05, 0.1) is 0 Å². The molecule has 1 aromatic heterocycles. The third-order valence-electron chi connectivity index (χ3n) is 1.71. The number of aromatic nitrogens is 2. The first-order chi connectivity index (χ1) is 6.68. The molecule has 0 radical (unpaired) electrons. The average molecular weight is 224 g/mol. The van der Waals surface area contributed by atoms with Gasteiger partial charge in [-0.2, -0.15) is 0 Å². The van der Waals surface area contributed by atoms with Crippen LogP contribution in [0.2, 0.25) is 0 Å². The first kappa shape index (κ1) is 12.5. The van der Waals surface area contributed by atoms with Crippen molar-refractivity contribution >= 4 is 11.8 Å². The molecule has 0 bridgehead atoms. The molecular weight excluding hydrogens is 204 g/mol. The molecular formula is C12H20N2S.